The number of carbonyl (C=O) groups is 1. The maximum Gasteiger partial charge on any atom is 0.150 e. The van der Waals surface area contributed by atoms with E-state index in [-0.39, 0.29) is 0 Å². The number of nitriles is 1. The number of aldehydes is 1. The first-order valence-corrected chi connectivity index (χ1v) is 6.31. The maximum absolute atomic E-state index is 10.8. The van der Waals surface area contributed by atoms with Gasteiger partial charge in [-0.1, -0.05) is 13.8 Å². The van der Waals surface area contributed by atoms with E-state index >= 15 is 0 Å². The lowest BCUT2D eigenvalue weighted by Gasteiger charge is -2.08. The average Bonchev–Trinajstić information content (AvgIpc) is 2.89. The molecule has 2 aromatic rings. The highest BCUT2D eigenvalue weighted by atomic mass is 16.1. The zero-order valence-electron chi connectivity index (χ0n) is 11.1. The summed E-state index contributed by atoms with van der Waals surface area (Å²) in [6.45, 7) is 4.10. The molecular weight excluding hydrogens is 238 g/mol. The molecule has 4 heteroatoms. The summed E-state index contributed by atoms with van der Waals surface area (Å²) in [6.07, 6.45) is 2.44. The highest BCUT2D eigenvalue weighted by Crippen LogP contribution is 2.19. The van der Waals surface area contributed by atoms with Crippen LogP contribution in [0.2, 0.25) is 0 Å². The second kappa shape index (κ2) is 5.49. The van der Waals surface area contributed by atoms with Crippen molar-refractivity contribution < 1.29 is 4.79 Å². The molecule has 1 aromatic carbocycles. The van der Waals surface area contributed by atoms with Crippen LogP contribution in [-0.4, -0.2) is 16.1 Å². The van der Waals surface area contributed by atoms with Gasteiger partial charge in [-0.3, -0.25) is 4.79 Å². The number of aromatic nitrogens is 2. The first-order valence-electron chi connectivity index (χ1n) is 6.31. The number of rotatable bonds is 4. The van der Waals surface area contributed by atoms with E-state index in [1.54, 1.807) is 22.9 Å². The van der Waals surface area contributed by atoms with Crippen LogP contribution >= 0.6 is 0 Å². The summed E-state index contributed by atoms with van der Waals surface area (Å²) in [5.74, 6) is 0. The highest BCUT2D eigenvalue weighted by molar-refractivity contribution is 5.76. The van der Waals surface area contributed by atoms with E-state index < -0.39 is 0 Å². The Morgan fingerprint density at radius 1 is 1.32 bits per heavy atom. The molecule has 0 aliphatic heterocycles. The standard InChI is InChI=1S/C15H15N3O/c1-3-13-8-14(4-2)18(17-13)15-6-5-11(10-19)7-12(15)9-16/h5-8,10H,3-4H2,1-2H3. The Morgan fingerprint density at radius 3 is 2.68 bits per heavy atom. The molecule has 0 aliphatic carbocycles. The molecule has 0 fully saturated rings. The molecule has 4 nitrogen and oxygen atoms in total. The van der Waals surface area contributed by atoms with Crippen LogP contribution in [0.3, 0.4) is 0 Å². The molecule has 0 radical (unpaired) electrons. The lowest BCUT2D eigenvalue weighted by molar-refractivity contribution is 0.112. The first kappa shape index (κ1) is 13.0. The van der Waals surface area contributed by atoms with Crippen LogP contribution in [0, 0.1) is 11.3 Å². The van der Waals surface area contributed by atoms with Crippen LogP contribution < -0.4 is 0 Å². The molecule has 0 amide bonds. The Labute approximate surface area is 112 Å². The van der Waals surface area contributed by atoms with Crippen molar-refractivity contribution in [1.29, 1.82) is 5.26 Å². The average molecular weight is 253 g/mol. The monoisotopic (exact) mass is 253 g/mol. The zero-order chi connectivity index (χ0) is 13.8. The van der Waals surface area contributed by atoms with Crippen LogP contribution in [0.4, 0.5) is 0 Å². The SMILES string of the molecule is CCc1cc(CC)n(-c2ccc(C=O)cc2C#N)n1. The summed E-state index contributed by atoms with van der Waals surface area (Å²) in [6, 6.07) is 9.25. The molecule has 19 heavy (non-hydrogen) atoms. The van der Waals surface area contributed by atoms with Crippen molar-refractivity contribution >= 4 is 6.29 Å². The van der Waals surface area contributed by atoms with Gasteiger partial charge in [0.2, 0.25) is 0 Å². The molecule has 0 N–H and O–H groups in total. The summed E-state index contributed by atoms with van der Waals surface area (Å²) >= 11 is 0. The summed E-state index contributed by atoms with van der Waals surface area (Å²) < 4.78 is 1.80. The Hall–Kier alpha value is -2.41. The predicted molar refractivity (Wildman–Crippen MR) is 72.4 cm³/mol. The van der Waals surface area contributed by atoms with Gasteiger partial charge in [0.15, 0.2) is 0 Å². The lowest BCUT2D eigenvalue weighted by Crippen LogP contribution is -2.04. The van der Waals surface area contributed by atoms with Crippen molar-refractivity contribution in [3.63, 3.8) is 0 Å². The van der Waals surface area contributed by atoms with Crippen molar-refractivity contribution in [3.05, 3.63) is 46.8 Å². The van der Waals surface area contributed by atoms with Gasteiger partial charge in [0.1, 0.15) is 12.4 Å². The molecule has 0 bridgehead atoms. The Kier molecular flexibility index (Phi) is 3.76. The number of nitrogens with zero attached hydrogens (tertiary/aromatic N) is 3. The second-order valence-electron chi connectivity index (χ2n) is 4.25. The molecule has 0 saturated heterocycles. The Balaban J connectivity index is 2.61. The van der Waals surface area contributed by atoms with Crippen LogP contribution in [-0.2, 0) is 12.8 Å². The van der Waals surface area contributed by atoms with Crippen LogP contribution in [0.15, 0.2) is 24.3 Å². The Morgan fingerprint density at radius 2 is 2.11 bits per heavy atom. The maximum atomic E-state index is 10.8. The van der Waals surface area contributed by atoms with E-state index in [2.05, 4.69) is 24.2 Å². The number of benzene rings is 1. The summed E-state index contributed by atoms with van der Waals surface area (Å²) in [5.41, 5.74) is 3.75. The minimum Gasteiger partial charge on any atom is -0.298 e. The minimum atomic E-state index is 0.463. The van der Waals surface area contributed by atoms with Gasteiger partial charge >= 0.3 is 0 Å². The molecule has 0 aliphatic rings. The third-order valence-corrected chi connectivity index (χ3v) is 3.06. The minimum absolute atomic E-state index is 0.463. The van der Waals surface area contributed by atoms with Crippen LogP contribution in [0.5, 0.6) is 0 Å². The van der Waals surface area contributed by atoms with E-state index in [0.29, 0.717) is 11.1 Å². The molecule has 2 rings (SSSR count). The van der Waals surface area contributed by atoms with Gasteiger partial charge in [-0.2, -0.15) is 10.4 Å². The smallest absolute Gasteiger partial charge is 0.150 e. The van der Waals surface area contributed by atoms with Gasteiger partial charge in [0.25, 0.3) is 0 Å². The molecule has 1 aromatic heterocycles. The Bertz CT molecular complexity index is 650. The number of hydrogen-bond acceptors (Lipinski definition) is 3. The van der Waals surface area contributed by atoms with Crippen molar-refractivity contribution in [2.24, 2.45) is 0 Å². The second-order valence-corrected chi connectivity index (χ2v) is 4.25. The van der Waals surface area contributed by atoms with Crippen molar-refractivity contribution in [2.45, 2.75) is 26.7 Å². The fourth-order valence-electron chi connectivity index (χ4n) is 2.01. The van der Waals surface area contributed by atoms with Crippen LogP contribution in [0.25, 0.3) is 5.69 Å². The summed E-state index contributed by atoms with van der Waals surface area (Å²) in [7, 11) is 0. The van der Waals surface area contributed by atoms with Gasteiger partial charge in [-0.15, -0.1) is 0 Å². The van der Waals surface area contributed by atoms with Gasteiger partial charge in [-0.25, -0.2) is 4.68 Å². The highest BCUT2D eigenvalue weighted by Gasteiger charge is 2.11. The first-order chi connectivity index (χ1) is 9.23. The fraction of sp³-hybridized carbons (Fsp3) is 0.267. The summed E-state index contributed by atoms with van der Waals surface area (Å²) in [5, 5.41) is 13.7. The molecule has 0 spiro atoms. The van der Waals surface area contributed by atoms with Crippen molar-refractivity contribution in [3.8, 4) is 11.8 Å². The van der Waals surface area contributed by atoms with Gasteiger partial charge in [-0.05, 0) is 37.1 Å². The number of aryl methyl sites for hydroxylation is 2. The molecule has 0 unspecified atom stereocenters. The van der Waals surface area contributed by atoms with Gasteiger partial charge < -0.3 is 0 Å². The van der Waals surface area contributed by atoms with Crippen molar-refractivity contribution in [2.75, 3.05) is 0 Å². The largest absolute Gasteiger partial charge is 0.298 e. The normalized spacial score (nSPS) is 10.2. The molecule has 1 heterocycles. The van der Waals surface area contributed by atoms with Crippen molar-refractivity contribution in [1.82, 2.24) is 9.78 Å². The van der Waals surface area contributed by atoms with E-state index in [1.165, 1.54) is 0 Å². The quantitative estimate of drug-likeness (QED) is 0.787. The zero-order valence-corrected chi connectivity index (χ0v) is 11.1. The fourth-order valence-corrected chi connectivity index (χ4v) is 2.01. The van der Waals surface area contributed by atoms with E-state index in [0.717, 1.165) is 36.2 Å². The number of hydrogen-bond donors (Lipinski definition) is 0. The van der Waals surface area contributed by atoms with E-state index in [1.807, 2.05) is 6.92 Å². The third kappa shape index (κ3) is 2.41. The van der Waals surface area contributed by atoms with Crippen LogP contribution in [0.1, 0.15) is 41.2 Å². The molecule has 96 valence electrons. The molecule has 0 atom stereocenters. The van der Waals surface area contributed by atoms with Gasteiger partial charge in [0.05, 0.1) is 16.9 Å². The third-order valence-electron chi connectivity index (χ3n) is 3.06. The molecule has 0 saturated carbocycles. The van der Waals surface area contributed by atoms with E-state index in [4.69, 9.17) is 0 Å². The predicted octanol–water partition coefficient (Wildman–Crippen LogP) is 2.68. The van der Waals surface area contributed by atoms with E-state index in [9.17, 15) is 10.1 Å². The molecular formula is C15H15N3O. The number of carbonyl (C=O) groups excluding carboxylic acids is 1. The lowest BCUT2D eigenvalue weighted by atomic mass is 10.1. The topological polar surface area (TPSA) is 58.7 Å². The van der Waals surface area contributed by atoms with Gasteiger partial charge in [0, 0.05) is 11.3 Å². The summed E-state index contributed by atoms with van der Waals surface area (Å²) in [4.78, 5) is 10.8.